The van der Waals surface area contributed by atoms with Gasteiger partial charge in [0, 0.05) is 37.0 Å². The van der Waals surface area contributed by atoms with E-state index < -0.39 is 11.8 Å². The van der Waals surface area contributed by atoms with Crippen LogP contribution in [0.2, 0.25) is 0 Å². The van der Waals surface area contributed by atoms with E-state index in [9.17, 15) is 9.59 Å². The molecule has 0 spiro atoms. The third kappa shape index (κ3) is 5.84. The van der Waals surface area contributed by atoms with Crippen molar-refractivity contribution in [2.75, 3.05) is 38.8 Å². The molecular formula is C27H29N3O5. The van der Waals surface area contributed by atoms with Crippen molar-refractivity contribution in [2.45, 2.75) is 12.8 Å². The summed E-state index contributed by atoms with van der Waals surface area (Å²) in [4.78, 5) is 28.2. The van der Waals surface area contributed by atoms with Crippen LogP contribution >= 0.6 is 0 Å². The largest absolute Gasteiger partial charge is 0.493 e. The number of nitrogens with one attached hydrogen (secondary N) is 2. The van der Waals surface area contributed by atoms with E-state index in [1.54, 1.807) is 30.3 Å². The molecule has 2 amide bonds. The van der Waals surface area contributed by atoms with E-state index in [2.05, 4.69) is 33.7 Å². The number of rotatable bonds is 10. The van der Waals surface area contributed by atoms with Gasteiger partial charge in [-0.3, -0.25) is 9.59 Å². The fraction of sp³-hybridized carbons (Fsp3) is 0.259. The standard InChI is InChI=1S/C27H29N3O5/c1-33-24-11-10-20(17-25(24)34-2)26(31)29-22(18-21-8-5-16-35-21)27(32)28-13-6-14-30-15-12-19-7-3-4-9-23(19)30/h3-5,7-11,16-18H,6,12-15H2,1-2H3,(H,28,32)(H,29,31)/b22-18-. The average molecular weight is 476 g/mol. The zero-order chi connectivity index (χ0) is 24.6. The summed E-state index contributed by atoms with van der Waals surface area (Å²) < 4.78 is 15.8. The number of nitrogens with zero attached hydrogens (tertiary/aromatic N) is 1. The van der Waals surface area contributed by atoms with E-state index >= 15 is 0 Å². The number of ether oxygens (including phenoxy) is 2. The molecule has 4 rings (SSSR count). The lowest BCUT2D eigenvalue weighted by Crippen LogP contribution is -2.36. The first-order chi connectivity index (χ1) is 17.1. The molecule has 1 aliphatic heterocycles. The number of amides is 2. The van der Waals surface area contributed by atoms with E-state index in [1.807, 2.05) is 6.07 Å². The molecule has 1 aliphatic rings. The van der Waals surface area contributed by atoms with Crippen molar-refractivity contribution < 1.29 is 23.5 Å². The number of furan rings is 1. The number of para-hydroxylation sites is 1. The predicted molar refractivity (Wildman–Crippen MR) is 134 cm³/mol. The van der Waals surface area contributed by atoms with Crippen LogP contribution in [-0.4, -0.2) is 45.7 Å². The van der Waals surface area contributed by atoms with E-state index in [-0.39, 0.29) is 5.70 Å². The first-order valence-corrected chi connectivity index (χ1v) is 11.5. The third-order valence-corrected chi connectivity index (χ3v) is 5.84. The van der Waals surface area contributed by atoms with Gasteiger partial charge in [0.05, 0.1) is 20.5 Å². The van der Waals surface area contributed by atoms with Gasteiger partial charge in [-0.2, -0.15) is 0 Å². The minimum absolute atomic E-state index is 0.0891. The smallest absolute Gasteiger partial charge is 0.267 e. The lowest BCUT2D eigenvalue weighted by Gasteiger charge is -2.19. The Bertz CT molecular complexity index is 1200. The fourth-order valence-corrected chi connectivity index (χ4v) is 4.05. The highest BCUT2D eigenvalue weighted by atomic mass is 16.5. The van der Waals surface area contributed by atoms with Gasteiger partial charge in [0.25, 0.3) is 11.8 Å². The van der Waals surface area contributed by atoms with Crippen LogP contribution in [0.15, 0.2) is 71.0 Å². The van der Waals surface area contributed by atoms with Crippen molar-refractivity contribution >= 4 is 23.6 Å². The first kappa shape index (κ1) is 23.9. The molecule has 2 aromatic carbocycles. The monoisotopic (exact) mass is 475 g/mol. The Morgan fingerprint density at radius 3 is 2.66 bits per heavy atom. The summed E-state index contributed by atoms with van der Waals surface area (Å²) in [6.45, 7) is 2.30. The maximum absolute atomic E-state index is 13.0. The molecular weight excluding hydrogens is 446 g/mol. The van der Waals surface area contributed by atoms with E-state index in [1.165, 1.54) is 37.8 Å². The Kier molecular flexibility index (Phi) is 7.72. The van der Waals surface area contributed by atoms with E-state index in [4.69, 9.17) is 13.9 Å². The van der Waals surface area contributed by atoms with Gasteiger partial charge in [-0.15, -0.1) is 0 Å². The van der Waals surface area contributed by atoms with Gasteiger partial charge < -0.3 is 29.4 Å². The number of hydrogen-bond acceptors (Lipinski definition) is 6. The molecule has 0 atom stereocenters. The second-order valence-corrected chi connectivity index (χ2v) is 8.07. The number of anilines is 1. The van der Waals surface area contributed by atoms with Crippen LogP contribution in [0.25, 0.3) is 6.08 Å². The van der Waals surface area contributed by atoms with Crippen molar-refractivity contribution in [3.63, 3.8) is 0 Å². The van der Waals surface area contributed by atoms with Gasteiger partial charge in [0.1, 0.15) is 11.5 Å². The average Bonchev–Trinajstić information content (AvgIpc) is 3.55. The summed E-state index contributed by atoms with van der Waals surface area (Å²) in [5.74, 6) is 0.541. The van der Waals surface area contributed by atoms with Crippen LogP contribution in [0.4, 0.5) is 5.69 Å². The zero-order valence-corrected chi connectivity index (χ0v) is 19.9. The highest BCUT2D eigenvalue weighted by Gasteiger charge is 2.19. The molecule has 0 bridgehead atoms. The minimum Gasteiger partial charge on any atom is -0.493 e. The Morgan fingerprint density at radius 2 is 1.89 bits per heavy atom. The van der Waals surface area contributed by atoms with Crippen molar-refractivity contribution in [3.05, 3.63) is 83.4 Å². The fourth-order valence-electron chi connectivity index (χ4n) is 4.05. The Hall–Kier alpha value is -4.20. The molecule has 2 heterocycles. The van der Waals surface area contributed by atoms with Gasteiger partial charge >= 0.3 is 0 Å². The summed E-state index contributed by atoms with van der Waals surface area (Å²) in [6, 6.07) is 16.6. The number of fused-ring (bicyclic) bond motifs is 1. The summed E-state index contributed by atoms with van der Waals surface area (Å²) in [5, 5.41) is 5.60. The second-order valence-electron chi connectivity index (χ2n) is 8.07. The van der Waals surface area contributed by atoms with Gasteiger partial charge in [-0.25, -0.2) is 0 Å². The van der Waals surface area contributed by atoms with Crippen molar-refractivity contribution in [1.29, 1.82) is 0 Å². The second kappa shape index (κ2) is 11.3. The molecule has 0 radical (unpaired) electrons. The van der Waals surface area contributed by atoms with Crippen LogP contribution in [0.5, 0.6) is 11.5 Å². The number of benzene rings is 2. The maximum atomic E-state index is 13.0. The lowest BCUT2D eigenvalue weighted by atomic mass is 10.1. The minimum atomic E-state index is -0.451. The van der Waals surface area contributed by atoms with Crippen LogP contribution in [0.3, 0.4) is 0 Å². The molecule has 0 saturated heterocycles. The van der Waals surface area contributed by atoms with Crippen LogP contribution in [0, 0.1) is 0 Å². The molecule has 2 N–H and O–H groups in total. The molecule has 182 valence electrons. The topological polar surface area (TPSA) is 93.0 Å². The Labute approximate surface area is 204 Å². The molecule has 0 saturated carbocycles. The van der Waals surface area contributed by atoms with Gasteiger partial charge in [0.15, 0.2) is 11.5 Å². The number of carbonyl (C=O) groups excluding carboxylic acids is 2. The Morgan fingerprint density at radius 1 is 1.06 bits per heavy atom. The first-order valence-electron chi connectivity index (χ1n) is 11.5. The van der Waals surface area contributed by atoms with E-state index in [0.29, 0.717) is 29.4 Å². The van der Waals surface area contributed by atoms with Crippen LogP contribution < -0.4 is 25.0 Å². The summed E-state index contributed by atoms with van der Waals surface area (Å²) in [5.41, 5.74) is 3.04. The lowest BCUT2D eigenvalue weighted by molar-refractivity contribution is -0.117. The number of methoxy groups -OCH3 is 2. The van der Waals surface area contributed by atoms with Crippen LogP contribution in [-0.2, 0) is 11.2 Å². The maximum Gasteiger partial charge on any atom is 0.267 e. The van der Waals surface area contributed by atoms with Crippen molar-refractivity contribution in [3.8, 4) is 11.5 Å². The summed E-state index contributed by atoms with van der Waals surface area (Å²) in [7, 11) is 3.02. The molecule has 0 aliphatic carbocycles. The molecule has 0 fully saturated rings. The molecule has 8 nitrogen and oxygen atoms in total. The van der Waals surface area contributed by atoms with Gasteiger partial charge in [-0.1, -0.05) is 18.2 Å². The van der Waals surface area contributed by atoms with Crippen LogP contribution in [0.1, 0.15) is 28.1 Å². The normalized spacial score (nSPS) is 12.7. The highest BCUT2D eigenvalue weighted by Crippen LogP contribution is 2.28. The van der Waals surface area contributed by atoms with Gasteiger partial charge in [-0.05, 0) is 54.8 Å². The van der Waals surface area contributed by atoms with Crippen molar-refractivity contribution in [2.24, 2.45) is 0 Å². The Balaban J connectivity index is 1.38. The zero-order valence-electron chi connectivity index (χ0n) is 19.9. The summed E-state index contributed by atoms with van der Waals surface area (Å²) in [6.07, 6.45) is 4.83. The quantitative estimate of drug-likeness (QED) is 0.344. The van der Waals surface area contributed by atoms with Gasteiger partial charge in [0.2, 0.25) is 0 Å². The number of carbonyl (C=O) groups is 2. The van der Waals surface area contributed by atoms with Crippen molar-refractivity contribution in [1.82, 2.24) is 10.6 Å². The molecule has 3 aromatic rings. The molecule has 8 heteroatoms. The predicted octanol–water partition coefficient (Wildman–Crippen LogP) is 3.64. The number of hydrogen-bond donors (Lipinski definition) is 2. The van der Waals surface area contributed by atoms with E-state index in [0.717, 1.165) is 25.9 Å². The molecule has 1 aromatic heterocycles. The molecule has 0 unspecified atom stereocenters. The third-order valence-electron chi connectivity index (χ3n) is 5.84. The highest BCUT2D eigenvalue weighted by molar-refractivity contribution is 6.05. The summed E-state index contributed by atoms with van der Waals surface area (Å²) >= 11 is 0. The molecule has 35 heavy (non-hydrogen) atoms. The SMILES string of the molecule is COc1ccc(C(=O)N/C(=C\c2ccco2)C(=O)NCCCN2CCc3ccccc32)cc1OC.